The first-order valence-corrected chi connectivity index (χ1v) is 9.85. The summed E-state index contributed by atoms with van der Waals surface area (Å²) in [6.45, 7) is 4.17. The van der Waals surface area contributed by atoms with Gasteiger partial charge in [-0.05, 0) is 36.6 Å². The Morgan fingerprint density at radius 3 is 2.89 bits per heavy atom. The molecule has 2 atom stereocenters. The number of fused-ring (bicyclic) bond motifs is 1. The molecule has 3 N–H and O–H groups in total. The molecule has 0 saturated carbocycles. The van der Waals surface area contributed by atoms with Gasteiger partial charge in [0.15, 0.2) is 0 Å². The van der Waals surface area contributed by atoms with E-state index in [1.54, 1.807) is 4.90 Å². The molecular formula is C20H26N4O4. The Kier molecular flexibility index (Phi) is 5.43. The smallest absolute Gasteiger partial charge is 0.255 e. The summed E-state index contributed by atoms with van der Waals surface area (Å²) in [5.74, 6) is -0.780. The van der Waals surface area contributed by atoms with Crippen LogP contribution in [0.15, 0.2) is 18.2 Å². The van der Waals surface area contributed by atoms with E-state index in [0.717, 1.165) is 37.2 Å². The van der Waals surface area contributed by atoms with Gasteiger partial charge in [-0.15, -0.1) is 0 Å². The van der Waals surface area contributed by atoms with Crippen LogP contribution in [-0.2, 0) is 27.4 Å². The van der Waals surface area contributed by atoms with Crippen molar-refractivity contribution in [2.24, 2.45) is 5.73 Å². The highest BCUT2D eigenvalue weighted by atomic mass is 16.5. The molecule has 2 unspecified atom stereocenters. The number of morpholine rings is 1. The SMILES string of the molecule is NCCC1CN(Cc2ccc3c(c2)C(=O)N(C2CCC(=O)NC2=O)C3)CCO1. The molecule has 3 aliphatic heterocycles. The lowest BCUT2D eigenvalue weighted by Gasteiger charge is -2.32. The fourth-order valence-electron chi connectivity index (χ4n) is 4.24. The number of benzene rings is 1. The standard InChI is InChI=1S/C20H26N4O4/c21-6-5-15-12-23(7-8-28-15)10-13-1-2-14-11-24(20(27)16(14)9-13)17-3-4-18(25)22-19(17)26/h1-2,9,15,17H,3-8,10-12,21H2,(H,22,25,26). The van der Waals surface area contributed by atoms with Gasteiger partial charge >= 0.3 is 0 Å². The molecule has 1 aromatic carbocycles. The molecule has 150 valence electrons. The van der Waals surface area contributed by atoms with Gasteiger partial charge < -0.3 is 15.4 Å². The predicted octanol–water partition coefficient (Wildman–Crippen LogP) is -0.00280. The number of hydrogen-bond acceptors (Lipinski definition) is 6. The number of hydrogen-bond donors (Lipinski definition) is 2. The molecule has 1 aromatic rings. The molecule has 8 nitrogen and oxygen atoms in total. The Morgan fingerprint density at radius 1 is 1.25 bits per heavy atom. The van der Waals surface area contributed by atoms with E-state index < -0.39 is 6.04 Å². The van der Waals surface area contributed by atoms with Crippen molar-refractivity contribution in [2.75, 3.05) is 26.2 Å². The van der Waals surface area contributed by atoms with E-state index in [0.29, 0.717) is 31.7 Å². The van der Waals surface area contributed by atoms with Gasteiger partial charge in [0.05, 0.1) is 12.7 Å². The van der Waals surface area contributed by atoms with E-state index in [4.69, 9.17) is 10.5 Å². The fraction of sp³-hybridized carbons (Fsp3) is 0.550. The first kappa shape index (κ1) is 19.0. The molecule has 0 radical (unpaired) electrons. The van der Waals surface area contributed by atoms with Gasteiger partial charge in [-0.3, -0.25) is 24.6 Å². The van der Waals surface area contributed by atoms with E-state index in [-0.39, 0.29) is 30.2 Å². The van der Waals surface area contributed by atoms with Gasteiger partial charge in [-0.25, -0.2) is 0 Å². The Morgan fingerprint density at radius 2 is 2.11 bits per heavy atom. The molecule has 3 amide bonds. The van der Waals surface area contributed by atoms with Crippen molar-refractivity contribution >= 4 is 17.7 Å². The molecule has 2 fully saturated rings. The number of imide groups is 1. The van der Waals surface area contributed by atoms with Crippen LogP contribution in [0.2, 0.25) is 0 Å². The monoisotopic (exact) mass is 386 g/mol. The van der Waals surface area contributed by atoms with E-state index in [1.807, 2.05) is 18.2 Å². The number of nitrogens with two attached hydrogens (primary N) is 1. The third kappa shape index (κ3) is 3.80. The summed E-state index contributed by atoms with van der Waals surface area (Å²) in [7, 11) is 0. The summed E-state index contributed by atoms with van der Waals surface area (Å²) in [5.41, 5.74) is 8.31. The van der Waals surface area contributed by atoms with Crippen molar-refractivity contribution in [3.63, 3.8) is 0 Å². The third-order valence-electron chi connectivity index (χ3n) is 5.71. The van der Waals surface area contributed by atoms with Crippen LogP contribution < -0.4 is 11.1 Å². The van der Waals surface area contributed by atoms with Gasteiger partial charge in [-0.2, -0.15) is 0 Å². The van der Waals surface area contributed by atoms with Crippen molar-refractivity contribution in [2.45, 2.75) is 44.5 Å². The normalized spacial score (nSPS) is 25.8. The van der Waals surface area contributed by atoms with Crippen molar-refractivity contribution < 1.29 is 19.1 Å². The van der Waals surface area contributed by atoms with E-state index in [1.165, 1.54) is 0 Å². The van der Waals surface area contributed by atoms with Crippen molar-refractivity contribution in [3.8, 4) is 0 Å². The van der Waals surface area contributed by atoms with Gasteiger partial charge in [0, 0.05) is 38.2 Å². The Labute approximate surface area is 164 Å². The molecule has 3 heterocycles. The Hall–Kier alpha value is -2.29. The molecule has 0 bridgehead atoms. The van der Waals surface area contributed by atoms with Crippen LogP contribution in [0.4, 0.5) is 0 Å². The highest BCUT2D eigenvalue weighted by Crippen LogP contribution is 2.28. The van der Waals surface area contributed by atoms with Gasteiger partial charge in [0.25, 0.3) is 5.91 Å². The second kappa shape index (κ2) is 7.98. The van der Waals surface area contributed by atoms with Crippen molar-refractivity contribution in [1.29, 1.82) is 0 Å². The number of nitrogens with zero attached hydrogens (tertiary/aromatic N) is 2. The lowest BCUT2D eigenvalue weighted by atomic mass is 10.0. The van der Waals surface area contributed by atoms with Crippen LogP contribution in [-0.4, -0.2) is 65.9 Å². The summed E-state index contributed by atoms with van der Waals surface area (Å²) in [5, 5.41) is 2.33. The Balaban J connectivity index is 1.44. The molecule has 4 rings (SSSR count). The minimum absolute atomic E-state index is 0.130. The highest BCUT2D eigenvalue weighted by Gasteiger charge is 2.39. The zero-order valence-electron chi connectivity index (χ0n) is 15.9. The van der Waals surface area contributed by atoms with Crippen LogP contribution >= 0.6 is 0 Å². The summed E-state index contributed by atoms with van der Waals surface area (Å²) in [6, 6.07) is 5.40. The number of piperidine rings is 1. The second-order valence-corrected chi connectivity index (χ2v) is 7.70. The fourth-order valence-corrected chi connectivity index (χ4v) is 4.24. The zero-order chi connectivity index (χ0) is 19.7. The summed E-state index contributed by atoms with van der Waals surface area (Å²) < 4.78 is 5.73. The number of amides is 3. The summed E-state index contributed by atoms with van der Waals surface area (Å²) in [4.78, 5) is 40.4. The highest BCUT2D eigenvalue weighted by molar-refractivity contribution is 6.05. The van der Waals surface area contributed by atoms with Crippen LogP contribution in [0.3, 0.4) is 0 Å². The third-order valence-corrected chi connectivity index (χ3v) is 5.71. The maximum atomic E-state index is 12.9. The van der Waals surface area contributed by atoms with Crippen molar-refractivity contribution in [1.82, 2.24) is 15.1 Å². The van der Waals surface area contributed by atoms with E-state index in [9.17, 15) is 14.4 Å². The molecule has 0 aromatic heterocycles. The summed E-state index contributed by atoms with van der Waals surface area (Å²) in [6.07, 6.45) is 1.66. The average molecular weight is 386 g/mol. The zero-order valence-corrected chi connectivity index (χ0v) is 15.9. The number of carbonyl (C=O) groups is 3. The van der Waals surface area contributed by atoms with E-state index in [2.05, 4.69) is 10.2 Å². The second-order valence-electron chi connectivity index (χ2n) is 7.70. The molecule has 28 heavy (non-hydrogen) atoms. The minimum Gasteiger partial charge on any atom is -0.376 e. The largest absolute Gasteiger partial charge is 0.376 e. The first-order valence-electron chi connectivity index (χ1n) is 9.85. The van der Waals surface area contributed by atoms with Crippen LogP contribution in [0, 0.1) is 0 Å². The molecule has 3 aliphatic rings. The minimum atomic E-state index is -0.572. The van der Waals surface area contributed by atoms with Crippen LogP contribution in [0.1, 0.15) is 40.7 Å². The quantitative estimate of drug-likeness (QED) is 0.690. The van der Waals surface area contributed by atoms with Crippen LogP contribution in [0.25, 0.3) is 0 Å². The number of rotatable bonds is 5. The number of carbonyl (C=O) groups excluding carboxylic acids is 3. The lowest BCUT2D eigenvalue weighted by Crippen LogP contribution is -2.52. The van der Waals surface area contributed by atoms with E-state index >= 15 is 0 Å². The van der Waals surface area contributed by atoms with Gasteiger partial charge in [0.1, 0.15) is 6.04 Å². The van der Waals surface area contributed by atoms with Gasteiger partial charge in [-0.1, -0.05) is 12.1 Å². The van der Waals surface area contributed by atoms with Gasteiger partial charge in [0.2, 0.25) is 11.8 Å². The predicted molar refractivity (Wildman–Crippen MR) is 101 cm³/mol. The number of ether oxygens (including phenoxy) is 1. The Bertz CT molecular complexity index is 794. The molecule has 8 heteroatoms. The summed E-state index contributed by atoms with van der Waals surface area (Å²) >= 11 is 0. The average Bonchev–Trinajstić information content (AvgIpc) is 2.99. The van der Waals surface area contributed by atoms with Crippen LogP contribution in [0.5, 0.6) is 0 Å². The maximum absolute atomic E-state index is 12.9. The molecule has 0 aliphatic carbocycles. The molecular weight excluding hydrogens is 360 g/mol. The van der Waals surface area contributed by atoms with Crippen molar-refractivity contribution in [3.05, 3.63) is 34.9 Å². The number of nitrogens with one attached hydrogen (secondary N) is 1. The molecule has 0 spiro atoms. The maximum Gasteiger partial charge on any atom is 0.255 e. The molecule has 2 saturated heterocycles. The first-order chi connectivity index (χ1) is 13.5. The lowest BCUT2D eigenvalue weighted by molar-refractivity contribution is -0.136. The topological polar surface area (TPSA) is 105 Å².